The van der Waals surface area contributed by atoms with Crippen molar-refractivity contribution in [3.8, 4) is 17.2 Å². The van der Waals surface area contributed by atoms with E-state index in [1.807, 2.05) is 12.1 Å². The third-order valence-corrected chi connectivity index (χ3v) is 6.90. The molecule has 0 bridgehead atoms. The van der Waals surface area contributed by atoms with Crippen LogP contribution < -0.4 is 10.1 Å². The van der Waals surface area contributed by atoms with Gasteiger partial charge in [0.25, 0.3) is 0 Å². The van der Waals surface area contributed by atoms with Crippen LogP contribution in [0.15, 0.2) is 24.3 Å². The number of halogens is 4. The SMILES string of the molecule is CCOC(=O)C(Cc1cc(I)c(Oc2cc(I)c(O)c(I)c2)c(I)c1)NC(C)=O. The molecule has 2 rings (SSSR count). The molecule has 1 atom stereocenters. The fraction of sp³-hybridized carbons (Fsp3) is 0.263. The molecule has 0 heterocycles. The van der Waals surface area contributed by atoms with E-state index in [0.29, 0.717) is 25.1 Å². The number of hydrogen-bond acceptors (Lipinski definition) is 5. The van der Waals surface area contributed by atoms with Gasteiger partial charge >= 0.3 is 5.97 Å². The number of phenolic OH excluding ortho intramolecular Hbond substituents is 1. The Labute approximate surface area is 223 Å². The quantitative estimate of drug-likeness (QED) is 0.296. The standard InChI is InChI=1S/C19H17I4NO5/c1-3-28-19(27)16(24-9(2)25)6-10-4-14(22)18(15(23)5-10)29-11-7-12(20)17(26)13(21)8-11/h4-5,7-8,16,26H,3,6H2,1-2H3,(H,24,25). The largest absolute Gasteiger partial charge is 0.506 e. The van der Waals surface area contributed by atoms with Crippen LogP contribution in [-0.4, -0.2) is 29.6 Å². The number of amides is 1. The molecule has 0 saturated carbocycles. The number of aromatic hydroxyl groups is 1. The summed E-state index contributed by atoms with van der Waals surface area (Å²) < 4.78 is 14.3. The van der Waals surface area contributed by atoms with E-state index in [1.54, 1.807) is 19.1 Å². The van der Waals surface area contributed by atoms with Gasteiger partial charge in [-0.1, -0.05) is 0 Å². The lowest BCUT2D eigenvalue weighted by Gasteiger charge is -2.18. The molecular weight excluding hydrogens is 830 g/mol. The maximum absolute atomic E-state index is 12.2. The molecule has 10 heteroatoms. The molecule has 0 radical (unpaired) electrons. The van der Waals surface area contributed by atoms with Crippen LogP contribution in [0.3, 0.4) is 0 Å². The van der Waals surface area contributed by atoms with Crippen molar-refractivity contribution in [1.29, 1.82) is 0 Å². The van der Waals surface area contributed by atoms with Crippen molar-refractivity contribution in [2.75, 3.05) is 6.61 Å². The van der Waals surface area contributed by atoms with Crippen molar-refractivity contribution >= 4 is 102 Å². The third kappa shape index (κ3) is 7.22. The topological polar surface area (TPSA) is 84.9 Å². The van der Waals surface area contributed by atoms with E-state index in [2.05, 4.69) is 95.7 Å². The Bertz CT molecular complexity index is 889. The summed E-state index contributed by atoms with van der Waals surface area (Å²) >= 11 is 8.48. The Balaban J connectivity index is 2.28. The molecule has 0 aliphatic rings. The fourth-order valence-corrected chi connectivity index (χ4v) is 6.29. The minimum atomic E-state index is -0.744. The summed E-state index contributed by atoms with van der Waals surface area (Å²) in [7, 11) is 0. The highest BCUT2D eigenvalue weighted by Crippen LogP contribution is 2.37. The number of carbonyl (C=O) groups is 2. The molecule has 1 amide bonds. The van der Waals surface area contributed by atoms with Crippen LogP contribution in [-0.2, 0) is 20.7 Å². The molecule has 156 valence electrons. The number of ether oxygens (including phenoxy) is 2. The van der Waals surface area contributed by atoms with Gasteiger partial charge in [0, 0.05) is 13.3 Å². The zero-order valence-electron chi connectivity index (χ0n) is 15.4. The van der Waals surface area contributed by atoms with Gasteiger partial charge in [-0.3, -0.25) is 4.79 Å². The Morgan fingerprint density at radius 1 is 1.03 bits per heavy atom. The molecule has 0 spiro atoms. The average Bonchev–Trinajstić information content (AvgIpc) is 2.62. The van der Waals surface area contributed by atoms with Crippen molar-refractivity contribution in [2.45, 2.75) is 26.3 Å². The molecule has 1 unspecified atom stereocenters. The Morgan fingerprint density at radius 3 is 2.07 bits per heavy atom. The summed E-state index contributed by atoms with van der Waals surface area (Å²) in [5.74, 6) is 0.814. The molecule has 29 heavy (non-hydrogen) atoms. The Morgan fingerprint density at radius 2 is 1.59 bits per heavy atom. The van der Waals surface area contributed by atoms with Crippen LogP contribution in [0.25, 0.3) is 0 Å². The van der Waals surface area contributed by atoms with Crippen molar-refractivity contribution in [3.63, 3.8) is 0 Å². The van der Waals surface area contributed by atoms with Gasteiger partial charge in [0.1, 0.15) is 17.5 Å². The normalized spacial score (nSPS) is 11.7. The van der Waals surface area contributed by atoms with Crippen LogP contribution in [0.1, 0.15) is 19.4 Å². The lowest BCUT2D eigenvalue weighted by molar-refractivity contribution is -0.147. The van der Waals surface area contributed by atoms with Crippen LogP contribution in [0.5, 0.6) is 17.2 Å². The summed E-state index contributed by atoms with van der Waals surface area (Å²) in [4.78, 5) is 23.6. The van der Waals surface area contributed by atoms with Gasteiger partial charge in [-0.15, -0.1) is 0 Å². The second-order valence-electron chi connectivity index (χ2n) is 5.94. The molecule has 6 nitrogen and oxygen atoms in total. The van der Waals surface area contributed by atoms with E-state index in [-0.39, 0.29) is 18.3 Å². The second-order valence-corrected chi connectivity index (χ2v) is 10.6. The average molecular weight is 847 g/mol. The van der Waals surface area contributed by atoms with Crippen LogP contribution in [0.4, 0.5) is 0 Å². The zero-order valence-corrected chi connectivity index (χ0v) is 24.0. The number of benzene rings is 2. The summed E-state index contributed by atoms with van der Waals surface area (Å²) in [6.45, 7) is 3.35. The number of phenols is 1. The van der Waals surface area contributed by atoms with E-state index in [9.17, 15) is 14.7 Å². The van der Waals surface area contributed by atoms with Crippen LogP contribution in [0.2, 0.25) is 0 Å². The van der Waals surface area contributed by atoms with Crippen molar-refractivity contribution in [3.05, 3.63) is 44.1 Å². The molecule has 2 aromatic rings. The highest BCUT2D eigenvalue weighted by molar-refractivity contribution is 14.1. The van der Waals surface area contributed by atoms with E-state index >= 15 is 0 Å². The number of carbonyl (C=O) groups excluding carboxylic acids is 2. The first-order valence-electron chi connectivity index (χ1n) is 8.39. The molecular formula is C19H17I4NO5. The molecule has 2 aromatic carbocycles. The first-order valence-corrected chi connectivity index (χ1v) is 12.7. The lowest BCUT2D eigenvalue weighted by Crippen LogP contribution is -2.42. The first kappa shape index (κ1) is 25.2. The molecule has 0 fully saturated rings. The Hall–Kier alpha value is -0.100. The lowest BCUT2D eigenvalue weighted by atomic mass is 10.1. The van der Waals surface area contributed by atoms with E-state index < -0.39 is 12.0 Å². The fourth-order valence-electron chi connectivity index (χ4n) is 2.46. The molecule has 0 aromatic heterocycles. The maximum atomic E-state index is 12.2. The molecule has 0 aliphatic carbocycles. The van der Waals surface area contributed by atoms with Crippen molar-refractivity contribution in [1.82, 2.24) is 5.32 Å². The zero-order chi connectivity index (χ0) is 21.7. The first-order chi connectivity index (χ1) is 13.6. The molecule has 2 N–H and O–H groups in total. The smallest absolute Gasteiger partial charge is 0.328 e. The van der Waals surface area contributed by atoms with E-state index in [1.165, 1.54) is 6.92 Å². The number of esters is 1. The van der Waals surface area contributed by atoms with Crippen LogP contribution >= 0.6 is 90.4 Å². The van der Waals surface area contributed by atoms with E-state index in [4.69, 9.17) is 9.47 Å². The van der Waals surface area contributed by atoms with Crippen molar-refractivity contribution in [2.24, 2.45) is 0 Å². The monoisotopic (exact) mass is 847 g/mol. The minimum Gasteiger partial charge on any atom is -0.506 e. The van der Waals surface area contributed by atoms with Gasteiger partial charge in [-0.25, -0.2) is 4.79 Å². The predicted molar refractivity (Wildman–Crippen MR) is 143 cm³/mol. The van der Waals surface area contributed by atoms with Gasteiger partial charge in [0.05, 0.1) is 20.9 Å². The van der Waals surface area contributed by atoms with Gasteiger partial charge in [-0.2, -0.15) is 0 Å². The van der Waals surface area contributed by atoms with Gasteiger partial charge in [0.15, 0.2) is 5.75 Å². The molecule has 0 aliphatic heterocycles. The van der Waals surface area contributed by atoms with Crippen molar-refractivity contribution < 1.29 is 24.2 Å². The van der Waals surface area contributed by atoms with Gasteiger partial charge in [0.2, 0.25) is 5.91 Å². The maximum Gasteiger partial charge on any atom is 0.328 e. The summed E-state index contributed by atoms with van der Waals surface area (Å²) in [5, 5.41) is 12.6. The predicted octanol–water partition coefficient (Wildman–Crippen LogP) is 5.21. The Kier molecular flexibility index (Phi) is 9.98. The number of hydrogen-bond donors (Lipinski definition) is 2. The second kappa shape index (κ2) is 11.5. The highest BCUT2D eigenvalue weighted by Gasteiger charge is 2.22. The summed E-state index contributed by atoms with van der Waals surface area (Å²) in [6.07, 6.45) is 0.319. The van der Waals surface area contributed by atoms with Crippen LogP contribution in [0, 0.1) is 14.3 Å². The summed E-state index contributed by atoms with van der Waals surface area (Å²) in [6, 6.07) is 6.63. The highest BCUT2D eigenvalue weighted by atomic mass is 127. The van der Waals surface area contributed by atoms with Gasteiger partial charge in [-0.05, 0) is 127 Å². The number of nitrogens with one attached hydrogen (secondary N) is 1. The third-order valence-electron chi connectivity index (χ3n) is 3.66. The summed E-state index contributed by atoms with van der Waals surface area (Å²) in [5.41, 5.74) is 0.882. The number of rotatable bonds is 7. The minimum absolute atomic E-state index is 0.237. The van der Waals surface area contributed by atoms with E-state index in [0.717, 1.165) is 12.7 Å². The van der Waals surface area contributed by atoms with Gasteiger partial charge < -0.3 is 19.9 Å². The molecule has 0 saturated heterocycles.